The zero-order valence-corrected chi connectivity index (χ0v) is 14.1. The SMILES string of the molecule is Cc1cc(C)cc(CSCC(=O)c2cccc(Br)c2)c1. The van der Waals surface area contributed by atoms with E-state index in [1.54, 1.807) is 11.8 Å². The largest absolute Gasteiger partial charge is 0.293 e. The van der Waals surface area contributed by atoms with Crippen molar-refractivity contribution in [3.05, 3.63) is 69.2 Å². The first-order chi connectivity index (χ1) is 9.54. The molecule has 0 saturated heterocycles. The van der Waals surface area contributed by atoms with Crippen LogP contribution in [0.1, 0.15) is 27.0 Å². The zero-order valence-electron chi connectivity index (χ0n) is 11.7. The van der Waals surface area contributed by atoms with Gasteiger partial charge in [-0.25, -0.2) is 0 Å². The van der Waals surface area contributed by atoms with E-state index in [0.29, 0.717) is 5.75 Å². The van der Waals surface area contributed by atoms with E-state index in [-0.39, 0.29) is 5.78 Å². The van der Waals surface area contributed by atoms with Crippen molar-refractivity contribution in [3.63, 3.8) is 0 Å². The molecule has 0 aliphatic carbocycles. The molecule has 0 aliphatic rings. The van der Waals surface area contributed by atoms with Crippen molar-refractivity contribution in [1.82, 2.24) is 0 Å². The molecule has 0 amide bonds. The molecule has 0 heterocycles. The van der Waals surface area contributed by atoms with Crippen LogP contribution in [0.5, 0.6) is 0 Å². The number of carbonyl (C=O) groups excluding carboxylic acids is 1. The molecule has 20 heavy (non-hydrogen) atoms. The van der Waals surface area contributed by atoms with Gasteiger partial charge in [0.1, 0.15) is 0 Å². The Morgan fingerprint density at radius 3 is 2.45 bits per heavy atom. The Bertz CT molecular complexity index is 602. The summed E-state index contributed by atoms with van der Waals surface area (Å²) in [4.78, 5) is 12.1. The Labute approximate surface area is 132 Å². The molecule has 0 aliphatic heterocycles. The van der Waals surface area contributed by atoms with Crippen molar-refractivity contribution in [2.75, 3.05) is 5.75 Å². The molecule has 0 N–H and O–H groups in total. The molecule has 0 radical (unpaired) electrons. The van der Waals surface area contributed by atoms with Crippen LogP contribution in [-0.4, -0.2) is 11.5 Å². The van der Waals surface area contributed by atoms with Crippen LogP contribution in [0, 0.1) is 13.8 Å². The van der Waals surface area contributed by atoms with Crippen molar-refractivity contribution < 1.29 is 4.79 Å². The topological polar surface area (TPSA) is 17.1 Å². The summed E-state index contributed by atoms with van der Waals surface area (Å²) in [5.74, 6) is 1.58. The number of Topliss-reactive ketones (excluding diaryl/α,β-unsaturated/α-hetero) is 1. The Balaban J connectivity index is 1.91. The molecule has 0 saturated carbocycles. The summed E-state index contributed by atoms with van der Waals surface area (Å²) in [5, 5.41) is 0. The summed E-state index contributed by atoms with van der Waals surface area (Å²) in [5.41, 5.74) is 4.61. The third-order valence-corrected chi connectivity index (χ3v) is 4.43. The monoisotopic (exact) mass is 348 g/mol. The van der Waals surface area contributed by atoms with Gasteiger partial charge in [0.05, 0.1) is 5.75 Å². The summed E-state index contributed by atoms with van der Waals surface area (Å²) >= 11 is 5.06. The number of halogens is 1. The predicted molar refractivity (Wildman–Crippen MR) is 90.6 cm³/mol. The molecule has 0 unspecified atom stereocenters. The van der Waals surface area contributed by atoms with E-state index >= 15 is 0 Å². The van der Waals surface area contributed by atoms with E-state index in [9.17, 15) is 4.79 Å². The number of benzene rings is 2. The number of ketones is 1. The molecule has 3 heteroatoms. The van der Waals surface area contributed by atoms with E-state index < -0.39 is 0 Å². The third kappa shape index (κ3) is 4.50. The fraction of sp³-hybridized carbons (Fsp3) is 0.235. The van der Waals surface area contributed by atoms with Gasteiger partial charge in [0.25, 0.3) is 0 Å². The summed E-state index contributed by atoms with van der Waals surface area (Å²) in [6, 6.07) is 14.1. The quantitative estimate of drug-likeness (QED) is 0.692. The van der Waals surface area contributed by atoms with Crippen molar-refractivity contribution in [1.29, 1.82) is 0 Å². The molecule has 0 aromatic heterocycles. The lowest BCUT2D eigenvalue weighted by molar-refractivity contribution is 0.102. The summed E-state index contributed by atoms with van der Waals surface area (Å²) in [6.45, 7) is 4.21. The number of hydrogen-bond donors (Lipinski definition) is 0. The van der Waals surface area contributed by atoms with E-state index in [0.717, 1.165) is 15.8 Å². The van der Waals surface area contributed by atoms with Crippen LogP contribution in [-0.2, 0) is 5.75 Å². The van der Waals surface area contributed by atoms with Crippen LogP contribution in [0.4, 0.5) is 0 Å². The second kappa shape index (κ2) is 7.09. The van der Waals surface area contributed by atoms with Crippen LogP contribution < -0.4 is 0 Å². The average molecular weight is 349 g/mol. The van der Waals surface area contributed by atoms with Gasteiger partial charge in [-0.05, 0) is 31.5 Å². The van der Waals surface area contributed by atoms with Crippen LogP contribution >= 0.6 is 27.7 Å². The summed E-state index contributed by atoms with van der Waals surface area (Å²) in [6.07, 6.45) is 0. The smallest absolute Gasteiger partial charge is 0.172 e. The van der Waals surface area contributed by atoms with Crippen LogP contribution in [0.2, 0.25) is 0 Å². The Morgan fingerprint density at radius 1 is 1.10 bits per heavy atom. The lowest BCUT2D eigenvalue weighted by Gasteiger charge is -2.05. The first-order valence-corrected chi connectivity index (χ1v) is 8.43. The van der Waals surface area contributed by atoms with Gasteiger partial charge in [0.2, 0.25) is 0 Å². The molecule has 0 atom stereocenters. The van der Waals surface area contributed by atoms with Gasteiger partial charge in [-0.2, -0.15) is 0 Å². The van der Waals surface area contributed by atoms with Gasteiger partial charge in [0, 0.05) is 15.8 Å². The van der Waals surface area contributed by atoms with Crippen LogP contribution in [0.15, 0.2) is 46.9 Å². The van der Waals surface area contributed by atoms with Gasteiger partial charge in [-0.1, -0.05) is 57.4 Å². The first-order valence-electron chi connectivity index (χ1n) is 6.48. The fourth-order valence-electron chi connectivity index (χ4n) is 2.16. The number of hydrogen-bond acceptors (Lipinski definition) is 2. The highest BCUT2D eigenvalue weighted by atomic mass is 79.9. The van der Waals surface area contributed by atoms with E-state index in [1.807, 2.05) is 24.3 Å². The van der Waals surface area contributed by atoms with Gasteiger partial charge in [-0.15, -0.1) is 11.8 Å². The maximum Gasteiger partial charge on any atom is 0.172 e. The molecule has 2 rings (SSSR count). The highest BCUT2D eigenvalue weighted by molar-refractivity contribution is 9.10. The van der Waals surface area contributed by atoms with Crippen molar-refractivity contribution in [3.8, 4) is 0 Å². The third-order valence-electron chi connectivity index (χ3n) is 2.93. The zero-order chi connectivity index (χ0) is 14.5. The fourth-order valence-corrected chi connectivity index (χ4v) is 3.41. The standard InChI is InChI=1S/C17H17BrOS/c1-12-6-13(2)8-14(7-12)10-20-11-17(19)15-4-3-5-16(18)9-15/h3-9H,10-11H2,1-2H3. The van der Waals surface area contributed by atoms with Crippen molar-refractivity contribution in [2.24, 2.45) is 0 Å². The molecule has 1 nitrogen and oxygen atoms in total. The summed E-state index contributed by atoms with van der Waals surface area (Å²) in [7, 11) is 0. The Hall–Kier alpha value is -1.06. The highest BCUT2D eigenvalue weighted by Gasteiger charge is 2.06. The van der Waals surface area contributed by atoms with E-state index in [4.69, 9.17) is 0 Å². The summed E-state index contributed by atoms with van der Waals surface area (Å²) < 4.78 is 0.947. The molecule has 0 spiro atoms. The van der Waals surface area contributed by atoms with Crippen molar-refractivity contribution >= 4 is 33.5 Å². The Morgan fingerprint density at radius 2 is 1.80 bits per heavy atom. The second-order valence-electron chi connectivity index (χ2n) is 4.92. The average Bonchev–Trinajstić information content (AvgIpc) is 2.37. The number of carbonyl (C=O) groups is 1. The number of rotatable bonds is 5. The van der Waals surface area contributed by atoms with Gasteiger partial charge in [0.15, 0.2) is 5.78 Å². The van der Waals surface area contributed by atoms with E-state index in [2.05, 4.69) is 48.0 Å². The lowest BCUT2D eigenvalue weighted by Crippen LogP contribution is -2.02. The lowest BCUT2D eigenvalue weighted by atomic mass is 10.1. The second-order valence-corrected chi connectivity index (χ2v) is 6.82. The maximum absolute atomic E-state index is 12.1. The predicted octanol–water partition coefficient (Wildman–Crippen LogP) is 5.18. The Kier molecular flexibility index (Phi) is 5.44. The number of aryl methyl sites for hydroxylation is 2. The van der Waals surface area contributed by atoms with Gasteiger partial charge in [-0.3, -0.25) is 4.79 Å². The highest BCUT2D eigenvalue weighted by Crippen LogP contribution is 2.18. The van der Waals surface area contributed by atoms with Crippen molar-refractivity contribution in [2.45, 2.75) is 19.6 Å². The molecular formula is C17H17BrOS. The van der Waals surface area contributed by atoms with E-state index in [1.165, 1.54) is 16.7 Å². The normalized spacial score (nSPS) is 10.6. The van der Waals surface area contributed by atoms with Gasteiger partial charge >= 0.3 is 0 Å². The maximum atomic E-state index is 12.1. The minimum Gasteiger partial charge on any atom is -0.293 e. The molecule has 2 aromatic rings. The van der Waals surface area contributed by atoms with Crippen LogP contribution in [0.25, 0.3) is 0 Å². The minimum absolute atomic E-state index is 0.181. The molecule has 104 valence electrons. The van der Waals surface area contributed by atoms with Gasteiger partial charge < -0.3 is 0 Å². The number of thioether (sulfide) groups is 1. The molecule has 2 aromatic carbocycles. The minimum atomic E-state index is 0.181. The first kappa shape index (κ1) is 15.3. The molecular weight excluding hydrogens is 332 g/mol. The molecule has 0 fully saturated rings. The molecule has 0 bridgehead atoms. The van der Waals surface area contributed by atoms with Crippen LogP contribution in [0.3, 0.4) is 0 Å².